The van der Waals surface area contributed by atoms with Gasteiger partial charge < -0.3 is 9.47 Å². The Morgan fingerprint density at radius 1 is 1.19 bits per heavy atom. The number of sulfonamides is 1. The number of hydrogen-bond donors (Lipinski definition) is 1. The molecule has 1 atom stereocenters. The summed E-state index contributed by atoms with van der Waals surface area (Å²) in [5, 5.41) is 0.258. The SMILES string of the molecule is CCOC(=O)C[C@H](NS(=O)(=O)c1cc(Cl)ccc1OC)c1ccc(C)cc1. The average molecular weight is 412 g/mol. The number of carbonyl (C=O) groups excluding carboxylic acids is 1. The average Bonchev–Trinajstić information content (AvgIpc) is 2.62. The fourth-order valence-electron chi connectivity index (χ4n) is 2.52. The van der Waals surface area contributed by atoms with E-state index < -0.39 is 22.0 Å². The Morgan fingerprint density at radius 3 is 2.44 bits per heavy atom. The fourth-order valence-corrected chi connectivity index (χ4v) is 4.18. The number of aryl methyl sites for hydroxylation is 1. The number of benzene rings is 2. The van der Waals surface area contributed by atoms with Crippen LogP contribution >= 0.6 is 11.6 Å². The van der Waals surface area contributed by atoms with Gasteiger partial charge in [0.1, 0.15) is 10.6 Å². The number of esters is 1. The third-order valence-electron chi connectivity index (χ3n) is 3.87. The van der Waals surface area contributed by atoms with E-state index in [1.807, 2.05) is 19.1 Å². The highest BCUT2D eigenvalue weighted by Crippen LogP contribution is 2.29. The predicted octanol–water partition coefficient (Wildman–Crippen LogP) is 3.63. The van der Waals surface area contributed by atoms with Crippen molar-refractivity contribution < 1.29 is 22.7 Å². The summed E-state index contributed by atoms with van der Waals surface area (Å²) in [5.41, 5.74) is 1.67. The van der Waals surface area contributed by atoms with Crippen LogP contribution in [0.5, 0.6) is 5.75 Å². The molecule has 6 nitrogen and oxygen atoms in total. The second-order valence-electron chi connectivity index (χ2n) is 5.89. The van der Waals surface area contributed by atoms with Gasteiger partial charge in [0.05, 0.1) is 26.2 Å². The number of hydrogen-bond acceptors (Lipinski definition) is 5. The Bertz CT molecular complexity index is 897. The fraction of sp³-hybridized carbons (Fsp3) is 0.316. The molecule has 0 aromatic heterocycles. The van der Waals surface area contributed by atoms with Gasteiger partial charge in [0.25, 0.3) is 0 Å². The van der Waals surface area contributed by atoms with E-state index in [4.69, 9.17) is 21.1 Å². The van der Waals surface area contributed by atoms with Gasteiger partial charge in [-0.15, -0.1) is 0 Å². The zero-order valence-corrected chi connectivity index (χ0v) is 16.9. The highest BCUT2D eigenvalue weighted by Gasteiger charge is 2.27. The zero-order valence-electron chi connectivity index (χ0n) is 15.4. The van der Waals surface area contributed by atoms with E-state index in [-0.39, 0.29) is 28.7 Å². The van der Waals surface area contributed by atoms with Gasteiger partial charge in [-0.25, -0.2) is 13.1 Å². The monoisotopic (exact) mass is 411 g/mol. The van der Waals surface area contributed by atoms with Crippen molar-refractivity contribution in [2.75, 3.05) is 13.7 Å². The Labute approximate surface area is 164 Å². The lowest BCUT2D eigenvalue weighted by Gasteiger charge is -2.20. The van der Waals surface area contributed by atoms with Crippen molar-refractivity contribution in [3.05, 3.63) is 58.6 Å². The molecule has 8 heteroatoms. The third-order valence-corrected chi connectivity index (χ3v) is 5.60. The first-order valence-corrected chi connectivity index (χ1v) is 10.2. The molecule has 0 amide bonds. The summed E-state index contributed by atoms with van der Waals surface area (Å²) in [4.78, 5) is 11.9. The zero-order chi connectivity index (χ0) is 20.0. The molecule has 1 N–H and O–H groups in total. The number of halogens is 1. The van der Waals surface area contributed by atoms with Crippen molar-refractivity contribution in [2.24, 2.45) is 0 Å². The molecule has 0 spiro atoms. The lowest BCUT2D eigenvalue weighted by atomic mass is 10.0. The first-order chi connectivity index (χ1) is 12.8. The molecular weight excluding hydrogens is 390 g/mol. The van der Waals surface area contributed by atoms with Gasteiger partial charge in [-0.1, -0.05) is 41.4 Å². The molecule has 0 bridgehead atoms. The van der Waals surface area contributed by atoms with E-state index in [0.29, 0.717) is 5.56 Å². The standard InChI is InChI=1S/C19H22ClNO5S/c1-4-26-19(22)12-16(14-7-5-13(2)6-8-14)21-27(23,24)18-11-15(20)9-10-17(18)25-3/h5-11,16,21H,4,12H2,1-3H3/t16-/m0/s1. The number of rotatable bonds is 8. The van der Waals surface area contributed by atoms with Crippen molar-refractivity contribution in [1.29, 1.82) is 0 Å². The number of methoxy groups -OCH3 is 1. The molecule has 0 fully saturated rings. The Morgan fingerprint density at radius 2 is 1.85 bits per heavy atom. The molecule has 2 aromatic carbocycles. The van der Waals surface area contributed by atoms with Gasteiger partial charge in [0.2, 0.25) is 10.0 Å². The Hall–Kier alpha value is -2.09. The second-order valence-corrected chi connectivity index (χ2v) is 8.01. The molecule has 146 valence electrons. The molecule has 0 heterocycles. The minimum Gasteiger partial charge on any atom is -0.495 e. The molecule has 0 saturated carbocycles. The number of nitrogens with one attached hydrogen (secondary N) is 1. The molecule has 0 aliphatic rings. The maximum Gasteiger partial charge on any atom is 0.307 e. The highest BCUT2D eigenvalue weighted by atomic mass is 35.5. The molecule has 2 aromatic rings. The molecule has 0 saturated heterocycles. The number of carbonyl (C=O) groups is 1. The third kappa shape index (κ3) is 5.69. The summed E-state index contributed by atoms with van der Waals surface area (Å²) < 4.78 is 38.6. The predicted molar refractivity (Wildman–Crippen MR) is 103 cm³/mol. The highest BCUT2D eigenvalue weighted by molar-refractivity contribution is 7.89. The van der Waals surface area contributed by atoms with Crippen LogP contribution in [-0.2, 0) is 19.6 Å². The first-order valence-electron chi connectivity index (χ1n) is 8.35. The molecule has 27 heavy (non-hydrogen) atoms. The lowest BCUT2D eigenvalue weighted by molar-refractivity contribution is -0.143. The van der Waals surface area contributed by atoms with E-state index in [1.165, 1.54) is 25.3 Å². The summed E-state index contributed by atoms with van der Waals surface area (Å²) in [6.45, 7) is 3.83. The molecule has 2 rings (SSSR count). The van der Waals surface area contributed by atoms with Gasteiger partial charge in [0.15, 0.2) is 0 Å². The normalized spacial score (nSPS) is 12.4. The van der Waals surface area contributed by atoms with Crippen molar-refractivity contribution in [3.63, 3.8) is 0 Å². The van der Waals surface area contributed by atoms with Crippen LogP contribution in [0.2, 0.25) is 5.02 Å². The van der Waals surface area contributed by atoms with Crippen molar-refractivity contribution in [3.8, 4) is 5.75 Å². The van der Waals surface area contributed by atoms with E-state index in [0.717, 1.165) is 5.56 Å². The summed E-state index contributed by atoms with van der Waals surface area (Å²) in [7, 11) is -2.64. The van der Waals surface area contributed by atoms with Crippen LogP contribution in [0, 0.1) is 6.92 Å². The summed E-state index contributed by atoms with van der Waals surface area (Å²) in [6.07, 6.45) is -0.140. The minimum absolute atomic E-state index is 0.0986. The number of ether oxygens (including phenoxy) is 2. The van der Waals surface area contributed by atoms with E-state index >= 15 is 0 Å². The van der Waals surface area contributed by atoms with Crippen LogP contribution in [0.1, 0.15) is 30.5 Å². The van der Waals surface area contributed by atoms with Crippen molar-refractivity contribution in [1.82, 2.24) is 4.72 Å². The van der Waals surface area contributed by atoms with Crippen molar-refractivity contribution in [2.45, 2.75) is 31.2 Å². The van der Waals surface area contributed by atoms with Crippen molar-refractivity contribution >= 4 is 27.6 Å². The smallest absolute Gasteiger partial charge is 0.307 e. The van der Waals surface area contributed by atoms with Crippen LogP contribution in [0.4, 0.5) is 0 Å². The van der Waals surface area contributed by atoms with Crippen LogP contribution in [0.25, 0.3) is 0 Å². The van der Waals surface area contributed by atoms with Crippen LogP contribution in [0.3, 0.4) is 0 Å². The topological polar surface area (TPSA) is 81.7 Å². The van der Waals surface area contributed by atoms with Gasteiger partial charge in [-0.3, -0.25) is 4.79 Å². The lowest BCUT2D eigenvalue weighted by Crippen LogP contribution is -2.31. The van der Waals surface area contributed by atoms with Crippen LogP contribution in [0.15, 0.2) is 47.4 Å². The maximum absolute atomic E-state index is 13.0. The molecule has 0 aliphatic heterocycles. The molecular formula is C19H22ClNO5S. The van der Waals surface area contributed by atoms with Crippen LogP contribution < -0.4 is 9.46 Å². The maximum atomic E-state index is 13.0. The quantitative estimate of drug-likeness (QED) is 0.671. The first kappa shape index (κ1) is 21.2. The molecule has 0 aliphatic carbocycles. The van der Waals surface area contributed by atoms with E-state index in [9.17, 15) is 13.2 Å². The van der Waals surface area contributed by atoms with Gasteiger partial charge in [-0.05, 0) is 37.6 Å². The van der Waals surface area contributed by atoms with Gasteiger partial charge in [0, 0.05) is 5.02 Å². The molecule has 0 radical (unpaired) electrons. The largest absolute Gasteiger partial charge is 0.495 e. The summed E-state index contributed by atoms with van der Waals surface area (Å²) in [5.74, 6) is -0.338. The second kappa shape index (κ2) is 9.21. The van der Waals surface area contributed by atoms with E-state index in [1.54, 1.807) is 19.1 Å². The summed E-state index contributed by atoms with van der Waals surface area (Å²) >= 11 is 5.95. The van der Waals surface area contributed by atoms with Gasteiger partial charge in [-0.2, -0.15) is 0 Å². The van der Waals surface area contributed by atoms with E-state index in [2.05, 4.69) is 4.72 Å². The Balaban J connectivity index is 2.39. The van der Waals surface area contributed by atoms with Crippen LogP contribution in [-0.4, -0.2) is 28.1 Å². The summed E-state index contributed by atoms with van der Waals surface area (Å²) in [6, 6.07) is 10.8. The Kier molecular flexibility index (Phi) is 7.24. The van der Waals surface area contributed by atoms with Gasteiger partial charge >= 0.3 is 5.97 Å². The molecule has 0 unspecified atom stereocenters. The minimum atomic E-state index is -4.01.